The number of nitro groups is 2. The number of nitrogens with one attached hydrogen (secondary N) is 2. The first kappa shape index (κ1) is 62.9. The predicted molar refractivity (Wildman–Crippen MR) is 397 cm³/mol. The van der Waals surface area contributed by atoms with E-state index in [0.29, 0.717) is 15.5 Å². The number of aromatic nitrogens is 2. The summed E-state index contributed by atoms with van der Waals surface area (Å²) in [7, 11) is -1.41. The number of para-hydroxylation sites is 4. The Balaban J connectivity index is 0.000000105. The van der Waals surface area contributed by atoms with Crippen LogP contribution in [0.4, 0.5) is 11.4 Å². The Kier molecular flexibility index (Phi) is 15.8. The quantitative estimate of drug-likeness (QED) is 0.0780. The molecule has 0 spiro atoms. The third-order valence-corrected chi connectivity index (χ3v) is 21.0. The summed E-state index contributed by atoms with van der Waals surface area (Å²) in [5.41, 5.74) is 28.3. The van der Waals surface area contributed by atoms with Crippen LogP contribution in [0.1, 0.15) is 99.9 Å². The average molecular weight is 1320 g/mol. The molecule has 0 saturated carbocycles. The number of rotatable bonds is 4. The lowest BCUT2D eigenvalue weighted by atomic mass is 9.75. The van der Waals surface area contributed by atoms with E-state index in [0.717, 1.165) is 11.1 Å². The smallest absolute Gasteiger partial charge is 0.423 e. The van der Waals surface area contributed by atoms with Crippen molar-refractivity contribution in [1.29, 1.82) is 0 Å². The molecule has 0 atom stereocenters. The van der Waals surface area contributed by atoms with Crippen LogP contribution >= 0.6 is 15.9 Å². The third kappa shape index (κ3) is 10.5. The number of benzene rings is 12. The lowest BCUT2D eigenvalue weighted by Crippen LogP contribution is -2.31. The van der Waals surface area contributed by atoms with E-state index in [2.05, 4.69) is 251 Å². The summed E-state index contributed by atoms with van der Waals surface area (Å²) < 4.78 is 0.514. The molecule has 472 valence electrons. The highest BCUT2D eigenvalue weighted by Crippen LogP contribution is 2.54. The summed E-state index contributed by atoms with van der Waals surface area (Å²) in [6, 6.07) is 86.0. The van der Waals surface area contributed by atoms with Gasteiger partial charge in [0, 0.05) is 71.9 Å². The Bertz CT molecular complexity index is 5450. The molecule has 0 saturated heterocycles. The van der Waals surface area contributed by atoms with Crippen molar-refractivity contribution in [2.24, 2.45) is 0 Å². The van der Waals surface area contributed by atoms with Gasteiger partial charge in [-0.2, -0.15) is 0 Å². The topological polar surface area (TPSA) is 158 Å². The molecule has 2 heterocycles. The van der Waals surface area contributed by atoms with Gasteiger partial charge in [0.15, 0.2) is 0 Å². The highest BCUT2D eigenvalue weighted by molar-refractivity contribution is 9.10. The van der Waals surface area contributed by atoms with Crippen LogP contribution in [0.15, 0.2) is 259 Å². The Morgan fingerprint density at radius 1 is 0.344 bits per heavy atom. The van der Waals surface area contributed by atoms with Crippen LogP contribution < -0.4 is 5.46 Å². The van der Waals surface area contributed by atoms with Gasteiger partial charge in [-0.15, -0.1) is 0 Å². The van der Waals surface area contributed by atoms with Crippen molar-refractivity contribution in [3.8, 4) is 55.6 Å². The van der Waals surface area contributed by atoms with E-state index in [9.17, 15) is 30.3 Å². The summed E-state index contributed by atoms with van der Waals surface area (Å²) in [5.74, 6) is 0. The minimum Gasteiger partial charge on any atom is -0.423 e. The second-order valence-corrected chi connectivity index (χ2v) is 28.2. The van der Waals surface area contributed by atoms with E-state index >= 15 is 0 Å². The van der Waals surface area contributed by atoms with Crippen molar-refractivity contribution >= 4 is 83.5 Å². The lowest BCUT2D eigenvalue weighted by Gasteiger charge is -2.22. The number of fused-ring (bicyclic) bond motifs is 19. The number of halogens is 1. The van der Waals surface area contributed by atoms with E-state index in [-0.39, 0.29) is 38.0 Å². The monoisotopic (exact) mass is 1320 g/mol. The molecule has 96 heavy (non-hydrogen) atoms. The molecule has 12 heteroatoms. The minimum absolute atomic E-state index is 0.0340. The number of aromatic amines is 2. The third-order valence-electron chi connectivity index (χ3n) is 20.4. The summed E-state index contributed by atoms with van der Waals surface area (Å²) in [5, 5.41) is 45.4. The minimum atomic E-state index is -1.41. The fraction of sp³-hybridized carbons (Fsp3) is 0.143. The van der Waals surface area contributed by atoms with Crippen LogP contribution in [0.3, 0.4) is 0 Å². The molecular weight excluding hydrogens is 1250 g/mol. The Labute approximate surface area is 566 Å². The van der Waals surface area contributed by atoms with Crippen LogP contribution in [0, 0.1) is 20.2 Å². The number of nitrogens with zero attached hydrogens (tertiary/aromatic N) is 2. The van der Waals surface area contributed by atoms with E-state index in [1.54, 1.807) is 36.4 Å². The maximum Gasteiger partial charge on any atom is 0.488 e. The zero-order valence-corrected chi connectivity index (χ0v) is 56.2. The molecule has 4 aliphatic carbocycles. The van der Waals surface area contributed by atoms with E-state index < -0.39 is 12.0 Å². The summed E-state index contributed by atoms with van der Waals surface area (Å²) in [6.45, 7) is 18.1. The van der Waals surface area contributed by atoms with Crippen LogP contribution in [0.2, 0.25) is 0 Å². The van der Waals surface area contributed by atoms with Crippen LogP contribution in [-0.2, 0) is 21.7 Å². The van der Waals surface area contributed by atoms with E-state index in [1.165, 1.54) is 133 Å². The molecule has 0 unspecified atom stereocenters. The Morgan fingerprint density at radius 3 is 1.29 bits per heavy atom. The van der Waals surface area contributed by atoms with Crippen molar-refractivity contribution in [3.63, 3.8) is 0 Å². The van der Waals surface area contributed by atoms with Gasteiger partial charge in [0.2, 0.25) is 0 Å². The average Bonchev–Trinajstić information content (AvgIpc) is 1.58. The van der Waals surface area contributed by atoms with Gasteiger partial charge in [-0.25, -0.2) is 0 Å². The molecule has 12 aromatic carbocycles. The normalized spacial score (nSPS) is 14.3. The highest BCUT2D eigenvalue weighted by Gasteiger charge is 2.40. The molecular formula is C84H70BBrN4O6. The first-order valence-electron chi connectivity index (χ1n) is 32.3. The maximum absolute atomic E-state index is 11.3. The molecule has 4 aliphatic rings. The molecule has 4 N–H and O–H groups in total. The molecule has 0 radical (unpaired) electrons. The van der Waals surface area contributed by atoms with Gasteiger partial charge >= 0.3 is 7.12 Å². The number of hydrogen-bond donors (Lipinski definition) is 4. The van der Waals surface area contributed by atoms with E-state index in [1.807, 2.05) is 42.5 Å². The molecule has 0 aliphatic heterocycles. The van der Waals surface area contributed by atoms with Crippen molar-refractivity contribution in [2.75, 3.05) is 0 Å². The molecule has 2 aromatic heterocycles. The van der Waals surface area contributed by atoms with Gasteiger partial charge in [0.1, 0.15) is 0 Å². The predicted octanol–water partition coefficient (Wildman–Crippen LogP) is 20.9. The van der Waals surface area contributed by atoms with Gasteiger partial charge in [-0.05, 0) is 158 Å². The maximum atomic E-state index is 11.3. The number of hydrogen-bond acceptors (Lipinski definition) is 6. The standard InChI is InChI=1S/C21H17NO2.2C21H17N.C15H15BO2.C6H4BrNO2/c1-21(2)18-9-5-3-8-16(18)17-12-11-14(13-19(17)21)15-7-4-6-10-20(15)22(23)24;1-21(2)17-9-5-3-7-13(17)15-12-20-16(11-18(15)21)14-8-4-6-10-19(14)22-20;1-21(2)17-9-5-3-7-13(17)15-11-12-16-14-8-4-6-10-18(14)22-20(16)19(15)21;1-15(2)13-6-4-3-5-11(13)12-8-7-10(16(17)18)9-14(12)15;7-5-3-1-2-4-6(5)8(9)10/h3-13H,1-2H3;2*3-12,22H,1-2H3;3-9,17-18H,1-2H3;1-4H. The van der Waals surface area contributed by atoms with Gasteiger partial charge in [0.25, 0.3) is 11.4 Å². The summed E-state index contributed by atoms with van der Waals surface area (Å²) >= 11 is 3.06. The zero-order chi connectivity index (χ0) is 67.2. The van der Waals surface area contributed by atoms with Gasteiger partial charge < -0.3 is 20.0 Å². The highest BCUT2D eigenvalue weighted by atomic mass is 79.9. The first-order valence-corrected chi connectivity index (χ1v) is 33.1. The Morgan fingerprint density at radius 2 is 0.750 bits per heavy atom. The summed E-state index contributed by atoms with van der Waals surface area (Å²) in [6.07, 6.45) is 0. The molecule has 14 aromatic rings. The largest absolute Gasteiger partial charge is 0.488 e. The fourth-order valence-electron chi connectivity index (χ4n) is 15.5. The summed E-state index contributed by atoms with van der Waals surface area (Å²) in [4.78, 5) is 28.0. The van der Waals surface area contributed by atoms with Gasteiger partial charge in [-0.3, -0.25) is 20.2 Å². The molecule has 0 amide bonds. The van der Waals surface area contributed by atoms with Crippen molar-refractivity contribution in [2.45, 2.75) is 77.0 Å². The second-order valence-electron chi connectivity index (χ2n) is 27.3. The van der Waals surface area contributed by atoms with E-state index in [4.69, 9.17) is 0 Å². The van der Waals surface area contributed by atoms with Crippen molar-refractivity contribution in [1.82, 2.24) is 9.97 Å². The molecule has 18 rings (SSSR count). The SMILES string of the molecule is CC1(C)c2ccccc2-c2cc3[nH]c4ccccc4c3cc21.CC1(C)c2ccccc2-c2ccc(-c3ccccc3[N+](=O)[O-])cc21.CC1(C)c2ccccc2-c2ccc(B(O)O)cc21.CC1(C)c2ccccc2-c2ccc3c([nH]c4ccccc43)c21.O=[N+]([O-])c1ccccc1Br. The number of H-pyrrole nitrogens is 2. The van der Waals surface area contributed by atoms with Crippen LogP contribution in [-0.4, -0.2) is 37.0 Å². The van der Waals surface area contributed by atoms with Crippen molar-refractivity contribution < 1.29 is 19.9 Å². The molecule has 10 nitrogen and oxygen atoms in total. The van der Waals surface area contributed by atoms with Crippen LogP contribution in [0.25, 0.3) is 99.2 Å². The lowest BCUT2D eigenvalue weighted by molar-refractivity contribution is -0.385. The first-order chi connectivity index (χ1) is 46.1. The Hall–Kier alpha value is -10.5. The van der Waals surface area contributed by atoms with Crippen molar-refractivity contribution in [3.05, 3.63) is 324 Å². The zero-order valence-electron chi connectivity index (χ0n) is 54.6. The van der Waals surface area contributed by atoms with Gasteiger partial charge in [-0.1, -0.05) is 256 Å². The fourth-order valence-corrected chi connectivity index (χ4v) is 15.9. The van der Waals surface area contributed by atoms with Crippen LogP contribution in [0.5, 0.6) is 0 Å². The second kappa shape index (κ2) is 24.1. The molecule has 0 bridgehead atoms. The molecule has 0 fully saturated rings. The number of nitro benzene ring substituents is 2. The van der Waals surface area contributed by atoms with Gasteiger partial charge in [0.05, 0.1) is 25.4 Å².